The van der Waals surface area contributed by atoms with Crippen molar-refractivity contribution in [2.75, 3.05) is 46.6 Å². The Labute approximate surface area is 118 Å². The summed E-state index contributed by atoms with van der Waals surface area (Å²) in [6.07, 6.45) is 1.35. The van der Waals surface area contributed by atoms with Crippen LogP contribution in [0.3, 0.4) is 0 Å². The molecule has 6 heteroatoms. The third-order valence-corrected chi connectivity index (χ3v) is 3.19. The first-order valence-corrected chi connectivity index (χ1v) is 6.62. The van der Waals surface area contributed by atoms with Gasteiger partial charge < -0.3 is 19.4 Å². The van der Waals surface area contributed by atoms with Gasteiger partial charge in [-0.25, -0.2) is 0 Å². The number of ether oxygens (including phenoxy) is 3. The average Bonchev–Trinajstić information content (AvgIpc) is 2.50. The van der Waals surface area contributed by atoms with Crippen molar-refractivity contribution in [2.24, 2.45) is 5.16 Å². The van der Waals surface area contributed by atoms with Crippen molar-refractivity contribution in [1.29, 1.82) is 0 Å². The van der Waals surface area contributed by atoms with Crippen molar-refractivity contribution in [1.82, 2.24) is 4.90 Å². The third kappa shape index (κ3) is 4.11. The summed E-state index contributed by atoms with van der Waals surface area (Å²) in [5.41, 5.74) is 0.718. The molecule has 0 unspecified atom stereocenters. The summed E-state index contributed by atoms with van der Waals surface area (Å²) < 4.78 is 16.2. The van der Waals surface area contributed by atoms with Crippen LogP contribution < -0.4 is 9.47 Å². The van der Waals surface area contributed by atoms with E-state index in [2.05, 4.69) is 10.1 Å². The van der Waals surface area contributed by atoms with E-state index >= 15 is 0 Å². The van der Waals surface area contributed by atoms with Crippen LogP contribution in [-0.4, -0.2) is 62.9 Å². The van der Waals surface area contributed by atoms with Gasteiger partial charge in [-0.2, -0.15) is 0 Å². The van der Waals surface area contributed by atoms with Gasteiger partial charge >= 0.3 is 0 Å². The monoisotopic (exact) mass is 280 g/mol. The maximum Gasteiger partial charge on any atom is 0.131 e. The molecule has 0 radical (unpaired) electrons. The number of methoxy groups -OCH3 is 1. The highest BCUT2D eigenvalue weighted by Crippen LogP contribution is 2.23. The lowest BCUT2D eigenvalue weighted by Crippen LogP contribution is -2.38. The lowest BCUT2D eigenvalue weighted by molar-refractivity contribution is 0.0322. The molecule has 1 fully saturated rings. The summed E-state index contributed by atoms with van der Waals surface area (Å²) in [5.74, 6) is 1.36. The van der Waals surface area contributed by atoms with E-state index < -0.39 is 0 Å². The molecule has 1 aromatic carbocycles. The van der Waals surface area contributed by atoms with E-state index in [4.69, 9.17) is 19.4 Å². The average molecular weight is 280 g/mol. The van der Waals surface area contributed by atoms with Crippen molar-refractivity contribution >= 4 is 6.21 Å². The molecule has 110 valence electrons. The first-order valence-electron chi connectivity index (χ1n) is 6.62. The second-order valence-corrected chi connectivity index (χ2v) is 4.45. The maximum absolute atomic E-state index is 8.66. The Kier molecular flexibility index (Phi) is 5.64. The topological polar surface area (TPSA) is 63.5 Å². The fourth-order valence-corrected chi connectivity index (χ4v) is 2.04. The second-order valence-electron chi connectivity index (χ2n) is 4.45. The molecule has 20 heavy (non-hydrogen) atoms. The van der Waals surface area contributed by atoms with E-state index in [0.29, 0.717) is 18.1 Å². The van der Waals surface area contributed by atoms with Crippen LogP contribution in [0.15, 0.2) is 23.4 Å². The molecule has 1 heterocycles. The molecule has 0 spiro atoms. The number of oxime groups is 1. The van der Waals surface area contributed by atoms with Crippen LogP contribution in [0.1, 0.15) is 5.56 Å². The van der Waals surface area contributed by atoms with Gasteiger partial charge in [-0.15, -0.1) is 0 Å². The summed E-state index contributed by atoms with van der Waals surface area (Å²) in [6, 6.07) is 5.38. The van der Waals surface area contributed by atoms with Crippen molar-refractivity contribution in [3.05, 3.63) is 23.8 Å². The molecule has 1 aliphatic heterocycles. The van der Waals surface area contributed by atoms with Crippen LogP contribution in [-0.2, 0) is 4.74 Å². The fourth-order valence-electron chi connectivity index (χ4n) is 2.04. The van der Waals surface area contributed by atoms with Gasteiger partial charge in [0.05, 0.1) is 26.5 Å². The standard InChI is InChI=1S/C14H20N2O4/c1-18-13-3-2-12(11-15-17)14(10-13)20-9-6-16-4-7-19-8-5-16/h2-3,10-11,17H,4-9H2,1H3. The molecule has 6 nitrogen and oxygen atoms in total. The Hall–Kier alpha value is -1.79. The molecule has 0 aliphatic carbocycles. The minimum absolute atomic E-state index is 0.569. The molecule has 2 rings (SSSR count). The van der Waals surface area contributed by atoms with E-state index in [0.717, 1.165) is 38.4 Å². The van der Waals surface area contributed by atoms with Crippen molar-refractivity contribution < 1.29 is 19.4 Å². The predicted molar refractivity (Wildman–Crippen MR) is 75.1 cm³/mol. The Morgan fingerprint density at radius 1 is 1.40 bits per heavy atom. The number of morpholine rings is 1. The van der Waals surface area contributed by atoms with Gasteiger partial charge in [-0.1, -0.05) is 5.16 Å². The zero-order valence-corrected chi connectivity index (χ0v) is 11.6. The number of benzene rings is 1. The van der Waals surface area contributed by atoms with Crippen LogP contribution in [0.4, 0.5) is 0 Å². The van der Waals surface area contributed by atoms with Gasteiger partial charge in [0, 0.05) is 31.3 Å². The Bertz CT molecular complexity index is 445. The second kappa shape index (κ2) is 7.72. The molecule has 1 saturated heterocycles. The van der Waals surface area contributed by atoms with E-state index in [1.807, 2.05) is 0 Å². The van der Waals surface area contributed by atoms with Crippen LogP contribution in [0.2, 0.25) is 0 Å². The summed E-state index contributed by atoms with van der Waals surface area (Å²) in [4.78, 5) is 2.30. The third-order valence-electron chi connectivity index (χ3n) is 3.19. The first kappa shape index (κ1) is 14.6. The van der Waals surface area contributed by atoms with Crippen LogP contribution in [0.25, 0.3) is 0 Å². The van der Waals surface area contributed by atoms with Crippen LogP contribution in [0.5, 0.6) is 11.5 Å². The van der Waals surface area contributed by atoms with Gasteiger partial charge in [0.2, 0.25) is 0 Å². The number of nitrogens with zero attached hydrogens (tertiary/aromatic N) is 2. The lowest BCUT2D eigenvalue weighted by Gasteiger charge is -2.26. The molecule has 0 saturated carbocycles. The van der Waals surface area contributed by atoms with Crippen molar-refractivity contribution in [3.8, 4) is 11.5 Å². The predicted octanol–water partition coefficient (Wildman–Crippen LogP) is 1.21. The van der Waals surface area contributed by atoms with Crippen molar-refractivity contribution in [2.45, 2.75) is 0 Å². The number of hydrogen-bond donors (Lipinski definition) is 1. The number of hydrogen-bond acceptors (Lipinski definition) is 6. The fraction of sp³-hybridized carbons (Fsp3) is 0.500. The first-order chi connectivity index (χ1) is 9.83. The number of rotatable bonds is 6. The largest absolute Gasteiger partial charge is 0.497 e. The molecule has 0 bridgehead atoms. The van der Waals surface area contributed by atoms with Crippen molar-refractivity contribution in [3.63, 3.8) is 0 Å². The SMILES string of the molecule is COc1ccc(C=NO)c(OCCN2CCOCC2)c1. The lowest BCUT2D eigenvalue weighted by atomic mass is 10.2. The maximum atomic E-state index is 8.66. The normalized spacial score (nSPS) is 16.4. The van der Waals surface area contributed by atoms with Crippen LogP contribution >= 0.6 is 0 Å². The Morgan fingerprint density at radius 3 is 2.90 bits per heavy atom. The van der Waals surface area contributed by atoms with Gasteiger partial charge in [0.25, 0.3) is 0 Å². The smallest absolute Gasteiger partial charge is 0.131 e. The Morgan fingerprint density at radius 2 is 2.20 bits per heavy atom. The van der Waals surface area contributed by atoms with E-state index in [1.165, 1.54) is 6.21 Å². The summed E-state index contributed by atoms with van der Waals surface area (Å²) in [5, 5.41) is 11.7. The molecule has 1 aliphatic rings. The molecular formula is C14H20N2O4. The summed E-state index contributed by atoms with van der Waals surface area (Å²) in [7, 11) is 1.60. The summed E-state index contributed by atoms with van der Waals surface area (Å²) in [6.45, 7) is 4.84. The molecule has 0 atom stereocenters. The molecular weight excluding hydrogens is 260 g/mol. The summed E-state index contributed by atoms with van der Waals surface area (Å²) >= 11 is 0. The molecule has 1 aromatic rings. The highest BCUT2D eigenvalue weighted by Gasteiger charge is 2.10. The highest BCUT2D eigenvalue weighted by molar-refractivity contribution is 5.83. The molecule has 0 amide bonds. The Balaban J connectivity index is 1.92. The van der Waals surface area contributed by atoms with Crippen LogP contribution in [0, 0.1) is 0 Å². The van der Waals surface area contributed by atoms with Gasteiger partial charge in [0.1, 0.15) is 18.1 Å². The van der Waals surface area contributed by atoms with Gasteiger partial charge in [-0.3, -0.25) is 4.90 Å². The molecule has 1 N–H and O–H groups in total. The van der Waals surface area contributed by atoms with E-state index in [1.54, 1.807) is 25.3 Å². The minimum Gasteiger partial charge on any atom is -0.497 e. The van der Waals surface area contributed by atoms with E-state index in [-0.39, 0.29) is 0 Å². The highest BCUT2D eigenvalue weighted by atomic mass is 16.5. The quantitative estimate of drug-likeness (QED) is 0.482. The van der Waals surface area contributed by atoms with Gasteiger partial charge in [0.15, 0.2) is 0 Å². The molecule has 0 aromatic heterocycles. The zero-order valence-electron chi connectivity index (χ0n) is 11.6. The minimum atomic E-state index is 0.569. The van der Waals surface area contributed by atoms with Gasteiger partial charge in [-0.05, 0) is 12.1 Å². The zero-order chi connectivity index (χ0) is 14.2. The van der Waals surface area contributed by atoms with E-state index in [9.17, 15) is 0 Å².